The second kappa shape index (κ2) is 7.11. The van der Waals surface area contributed by atoms with Crippen molar-refractivity contribution in [2.45, 2.75) is 6.54 Å². The Balaban J connectivity index is 1.55. The molecule has 0 saturated carbocycles. The van der Waals surface area contributed by atoms with Gasteiger partial charge in [-0.15, -0.1) is 0 Å². The zero-order valence-electron chi connectivity index (χ0n) is 14.9. The first-order chi connectivity index (χ1) is 13.2. The number of methoxy groups -OCH3 is 1. The standard InChI is InChI=1S/C20H19FN4O2/c1-27-19-10-17(5-6-18(19)15-11-22-23-12-15)25-8-7-24(20(25)26)13-14-3-2-4-16(21)9-14/h2-6,9-12H,7-8,13H2,1H3,(H,22,23). The number of aromatic nitrogens is 2. The SMILES string of the molecule is COc1cc(N2CCN(Cc3cccc(F)c3)C2=O)ccc1-c1cn[nH]c1. The molecule has 1 saturated heterocycles. The van der Waals surface area contributed by atoms with Gasteiger partial charge in [0.15, 0.2) is 0 Å². The lowest BCUT2D eigenvalue weighted by Gasteiger charge is -2.20. The van der Waals surface area contributed by atoms with Gasteiger partial charge in [0.1, 0.15) is 11.6 Å². The summed E-state index contributed by atoms with van der Waals surface area (Å²) in [6.07, 6.45) is 3.51. The monoisotopic (exact) mass is 366 g/mol. The molecule has 1 aliphatic heterocycles. The predicted molar refractivity (Wildman–Crippen MR) is 100 cm³/mol. The number of carbonyl (C=O) groups excluding carboxylic acids is 1. The molecule has 0 atom stereocenters. The molecule has 1 N–H and O–H groups in total. The molecule has 4 rings (SSSR count). The van der Waals surface area contributed by atoms with E-state index >= 15 is 0 Å². The van der Waals surface area contributed by atoms with Crippen LogP contribution in [0.25, 0.3) is 11.1 Å². The average molecular weight is 366 g/mol. The van der Waals surface area contributed by atoms with Gasteiger partial charge in [-0.2, -0.15) is 5.10 Å². The molecule has 138 valence electrons. The van der Waals surface area contributed by atoms with E-state index in [4.69, 9.17) is 4.74 Å². The number of H-pyrrole nitrogens is 1. The fraction of sp³-hybridized carbons (Fsp3) is 0.200. The van der Waals surface area contributed by atoms with Gasteiger partial charge in [-0.1, -0.05) is 12.1 Å². The van der Waals surface area contributed by atoms with E-state index in [9.17, 15) is 9.18 Å². The number of halogens is 1. The largest absolute Gasteiger partial charge is 0.496 e. The number of ether oxygens (including phenoxy) is 1. The van der Waals surface area contributed by atoms with Crippen LogP contribution in [0.5, 0.6) is 5.75 Å². The van der Waals surface area contributed by atoms with Gasteiger partial charge in [0.05, 0.1) is 13.3 Å². The maximum atomic E-state index is 13.4. The summed E-state index contributed by atoms with van der Waals surface area (Å²) in [5.41, 5.74) is 3.36. The van der Waals surface area contributed by atoms with Crippen LogP contribution in [0.2, 0.25) is 0 Å². The second-order valence-electron chi connectivity index (χ2n) is 6.36. The fourth-order valence-electron chi connectivity index (χ4n) is 3.31. The Kier molecular flexibility index (Phi) is 4.50. The highest BCUT2D eigenvalue weighted by Crippen LogP contribution is 2.34. The highest BCUT2D eigenvalue weighted by atomic mass is 19.1. The van der Waals surface area contributed by atoms with Crippen molar-refractivity contribution in [3.8, 4) is 16.9 Å². The number of nitrogens with one attached hydrogen (secondary N) is 1. The molecule has 0 unspecified atom stereocenters. The van der Waals surface area contributed by atoms with E-state index in [0.29, 0.717) is 25.4 Å². The Bertz CT molecular complexity index is 958. The van der Waals surface area contributed by atoms with Gasteiger partial charge in [-0.05, 0) is 29.8 Å². The van der Waals surface area contributed by atoms with E-state index < -0.39 is 0 Å². The third-order valence-electron chi connectivity index (χ3n) is 4.66. The summed E-state index contributed by atoms with van der Waals surface area (Å²) in [6.45, 7) is 1.54. The van der Waals surface area contributed by atoms with Crippen molar-refractivity contribution < 1.29 is 13.9 Å². The van der Waals surface area contributed by atoms with Crippen molar-refractivity contribution in [2.24, 2.45) is 0 Å². The molecule has 27 heavy (non-hydrogen) atoms. The quantitative estimate of drug-likeness (QED) is 0.749. The van der Waals surface area contributed by atoms with Crippen LogP contribution in [0.4, 0.5) is 14.9 Å². The van der Waals surface area contributed by atoms with Crippen LogP contribution < -0.4 is 9.64 Å². The number of aromatic amines is 1. The molecular weight excluding hydrogens is 347 g/mol. The Labute approximate surface area is 156 Å². The normalized spacial score (nSPS) is 14.1. The number of rotatable bonds is 5. The number of amides is 2. The zero-order valence-corrected chi connectivity index (χ0v) is 14.9. The van der Waals surface area contributed by atoms with Gasteiger partial charge < -0.3 is 9.64 Å². The summed E-state index contributed by atoms with van der Waals surface area (Å²) in [4.78, 5) is 16.2. The molecule has 2 heterocycles. The Morgan fingerprint density at radius 3 is 2.85 bits per heavy atom. The van der Waals surface area contributed by atoms with Crippen molar-refractivity contribution >= 4 is 11.7 Å². The number of hydrogen-bond acceptors (Lipinski definition) is 3. The molecule has 2 aromatic carbocycles. The number of carbonyl (C=O) groups is 1. The average Bonchev–Trinajstić information content (AvgIpc) is 3.32. The number of urea groups is 1. The number of hydrogen-bond donors (Lipinski definition) is 1. The van der Waals surface area contributed by atoms with Crippen LogP contribution in [-0.4, -0.2) is 41.3 Å². The van der Waals surface area contributed by atoms with Crippen LogP contribution in [0.15, 0.2) is 54.9 Å². The van der Waals surface area contributed by atoms with Gasteiger partial charge in [0.25, 0.3) is 0 Å². The van der Waals surface area contributed by atoms with E-state index in [-0.39, 0.29) is 11.8 Å². The van der Waals surface area contributed by atoms with Crippen molar-refractivity contribution in [1.82, 2.24) is 15.1 Å². The van der Waals surface area contributed by atoms with Gasteiger partial charge in [-0.3, -0.25) is 10.00 Å². The van der Waals surface area contributed by atoms with E-state index in [0.717, 1.165) is 22.4 Å². The molecule has 1 fully saturated rings. The lowest BCUT2D eigenvalue weighted by atomic mass is 10.1. The van der Waals surface area contributed by atoms with Crippen LogP contribution in [-0.2, 0) is 6.54 Å². The van der Waals surface area contributed by atoms with Crippen molar-refractivity contribution in [3.63, 3.8) is 0 Å². The first-order valence-corrected chi connectivity index (χ1v) is 8.64. The van der Waals surface area contributed by atoms with Crippen molar-refractivity contribution in [2.75, 3.05) is 25.1 Å². The number of anilines is 1. The van der Waals surface area contributed by atoms with Crippen molar-refractivity contribution in [3.05, 3.63) is 66.2 Å². The first-order valence-electron chi connectivity index (χ1n) is 8.64. The number of nitrogens with zero attached hydrogens (tertiary/aromatic N) is 3. The third-order valence-corrected chi connectivity index (χ3v) is 4.66. The molecule has 0 radical (unpaired) electrons. The summed E-state index contributed by atoms with van der Waals surface area (Å²) in [7, 11) is 1.60. The lowest BCUT2D eigenvalue weighted by molar-refractivity contribution is 0.218. The molecule has 7 heteroatoms. The van der Waals surface area contributed by atoms with Crippen LogP contribution >= 0.6 is 0 Å². The Morgan fingerprint density at radius 1 is 1.22 bits per heavy atom. The summed E-state index contributed by atoms with van der Waals surface area (Å²) in [5, 5.41) is 6.75. The molecular formula is C20H19FN4O2. The van der Waals surface area contributed by atoms with Crippen LogP contribution in [0.3, 0.4) is 0 Å². The maximum absolute atomic E-state index is 13.4. The van der Waals surface area contributed by atoms with Crippen molar-refractivity contribution in [1.29, 1.82) is 0 Å². The topological polar surface area (TPSA) is 61.5 Å². The highest BCUT2D eigenvalue weighted by Gasteiger charge is 2.30. The van der Waals surface area contributed by atoms with Gasteiger partial charge in [0.2, 0.25) is 0 Å². The first kappa shape index (κ1) is 17.1. The van der Waals surface area contributed by atoms with Gasteiger partial charge in [0, 0.05) is 48.7 Å². The van der Waals surface area contributed by atoms with E-state index in [1.165, 1.54) is 12.1 Å². The van der Waals surface area contributed by atoms with Crippen LogP contribution in [0.1, 0.15) is 5.56 Å². The predicted octanol–water partition coefficient (Wildman–Crippen LogP) is 3.67. The third kappa shape index (κ3) is 3.36. The van der Waals surface area contributed by atoms with E-state index in [1.807, 2.05) is 24.3 Å². The molecule has 1 aliphatic rings. The summed E-state index contributed by atoms with van der Waals surface area (Å²) in [5.74, 6) is 0.376. The van der Waals surface area contributed by atoms with Gasteiger partial charge >= 0.3 is 6.03 Å². The fourth-order valence-corrected chi connectivity index (χ4v) is 3.31. The lowest BCUT2D eigenvalue weighted by Crippen LogP contribution is -2.31. The summed E-state index contributed by atoms with van der Waals surface area (Å²) < 4.78 is 18.9. The molecule has 0 bridgehead atoms. The molecule has 0 spiro atoms. The molecule has 6 nitrogen and oxygen atoms in total. The number of benzene rings is 2. The minimum absolute atomic E-state index is 0.0997. The molecule has 3 aromatic rings. The zero-order chi connectivity index (χ0) is 18.8. The molecule has 1 aromatic heterocycles. The van der Waals surface area contributed by atoms with E-state index in [2.05, 4.69) is 10.2 Å². The smallest absolute Gasteiger partial charge is 0.324 e. The Morgan fingerprint density at radius 2 is 2.11 bits per heavy atom. The maximum Gasteiger partial charge on any atom is 0.324 e. The summed E-state index contributed by atoms with van der Waals surface area (Å²) in [6, 6.07) is 11.9. The summed E-state index contributed by atoms with van der Waals surface area (Å²) >= 11 is 0. The Hall–Kier alpha value is -3.35. The van der Waals surface area contributed by atoms with Gasteiger partial charge in [-0.25, -0.2) is 9.18 Å². The molecule has 0 aliphatic carbocycles. The second-order valence-corrected chi connectivity index (χ2v) is 6.36. The van der Waals surface area contributed by atoms with E-state index in [1.54, 1.807) is 35.4 Å². The van der Waals surface area contributed by atoms with Crippen LogP contribution in [0, 0.1) is 5.82 Å². The molecule has 2 amide bonds. The highest BCUT2D eigenvalue weighted by molar-refractivity contribution is 5.95. The minimum atomic E-state index is -0.296. The minimum Gasteiger partial charge on any atom is -0.496 e.